The van der Waals surface area contributed by atoms with Crippen LogP contribution in [0.3, 0.4) is 0 Å². The minimum Gasteiger partial charge on any atom is -0.322 e. The summed E-state index contributed by atoms with van der Waals surface area (Å²) in [4.78, 5) is 25.3. The summed E-state index contributed by atoms with van der Waals surface area (Å²) < 4.78 is 0. The molecule has 0 radical (unpaired) electrons. The van der Waals surface area contributed by atoms with E-state index in [1.165, 1.54) is 4.90 Å². The van der Waals surface area contributed by atoms with Crippen molar-refractivity contribution in [3.8, 4) is 0 Å². The number of piperazine rings is 1. The number of nitrogens with zero attached hydrogens (tertiary/aromatic N) is 1. The number of carbonyl (C=O) groups excluding carboxylic acids is 2. The Morgan fingerprint density at radius 1 is 1.35 bits per heavy atom. The molecular weight excluding hydrogens is 242 g/mol. The van der Waals surface area contributed by atoms with E-state index in [-0.39, 0.29) is 18.4 Å². The van der Waals surface area contributed by atoms with E-state index in [1.807, 2.05) is 0 Å². The van der Waals surface area contributed by atoms with Crippen LogP contribution in [0.15, 0.2) is 18.2 Å². The first-order valence-electron chi connectivity index (χ1n) is 5.30. The van der Waals surface area contributed by atoms with Crippen molar-refractivity contribution in [2.24, 2.45) is 0 Å². The summed E-state index contributed by atoms with van der Waals surface area (Å²) in [6, 6.07) is 4.69. The molecule has 0 bridgehead atoms. The molecule has 1 aromatic rings. The Morgan fingerprint density at radius 3 is 3.00 bits per heavy atom. The van der Waals surface area contributed by atoms with Gasteiger partial charge >= 0.3 is 0 Å². The highest BCUT2D eigenvalue weighted by Gasteiger charge is 2.40. The van der Waals surface area contributed by atoms with Crippen molar-refractivity contribution < 1.29 is 9.59 Å². The Balaban J connectivity index is 2.18. The quantitative estimate of drug-likeness (QED) is 0.710. The van der Waals surface area contributed by atoms with Crippen LogP contribution in [0, 0.1) is 0 Å². The maximum atomic E-state index is 11.9. The SMILES string of the molecule is O=C1Nc2cccc(Cl)c2N2C(=O)CNCC12. The predicted octanol–water partition coefficient (Wildman–Crippen LogP) is 0.597. The fourth-order valence-electron chi connectivity index (χ4n) is 2.23. The fourth-order valence-corrected chi connectivity index (χ4v) is 2.50. The molecule has 6 heteroatoms. The van der Waals surface area contributed by atoms with Gasteiger partial charge in [0, 0.05) is 6.54 Å². The molecule has 88 valence electrons. The van der Waals surface area contributed by atoms with E-state index in [0.29, 0.717) is 22.9 Å². The number of para-hydroxylation sites is 1. The number of anilines is 2. The maximum absolute atomic E-state index is 11.9. The average Bonchev–Trinajstić information content (AvgIpc) is 2.30. The molecule has 2 aliphatic rings. The summed E-state index contributed by atoms with van der Waals surface area (Å²) in [6.07, 6.45) is 0. The van der Waals surface area contributed by atoms with Crippen molar-refractivity contribution in [2.45, 2.75) is 6.04 Å². The monoisotopic (exact) mass is 251 g/mol. The number of benzene rings is 1. The third kappa shape index (κ3) is 1.50. The Morgan fingerprint density at radius 2 is 2.18 bits per heavy atom. The van der Waals surface area contributed by atoms with Gasteiger partial charge in [0.2, 0.25) is 11.8 Å². The van der Waals surface area contributed by atoms with E-state index >= 15 is 0 Å². The summed E-state index contributed by atoms with van der Waals surface area (Å²) in [5, 5.41) is 6.16. The number of rotatable bonds is 0. The Hall–Kier alpha value is -1.59. The van der Waals surface area contributed by atoms with Crippen molar-refractivity contribution in [1.82, 2.24) is 5.32 Å². The molecule has 0 aromatic heterocycles. The zero-order valence-electron chi connectivity index (χ0n) is 8.87. The molecule has 1 saturated heterocycles. The highest BCUT2D eigenvalue weighted by Crippen LogP contribution is 2.38. The lowest BCUT2D eigenvalue weighted by Crippen LogP contribution is -2.61. The van der Waals surface area contributed by atoms with Crippen molar-refractivity contribution in [3.05, 3.63) is 23.2 Å². The van der Waals surface area contributed by atoms with E-state index in [2.05, 4.69) is 10.6 Å². The lowest BCUT2D eigenvalue weighted by atomic mass is 10.1. The number of hydrogen-bond acceptors (Lipinski definition) is 3. The number of fused-ring (bicyclic) bond motifs is 3. The van der Waals surface area contributed by atoms with Crippen molar-refractivity contribution >= 4 is 34.8 Å². The predicted molar refractivity (Wildman–Crippen MR) is 64.2 cm³/mol. The highest BCUT2D eigenvalue weighted by atomic mass is 35.5. The van der Waals surface area contributed by atoms with Gasteiger partial charge < -0.3 is 10.6 Å². The van der Waals surface area contributed by atoms with Gasteiger partial charge in [-0.15, -0.1) is 0 Å². The molecule has 0 saturated carbocycles. The molecule has 1 fully saturated rings. The van der Waals surface area contributed by atoms with Gasteiger partial charge in [0.25, 0.3) is 0 Å². The van der Waals surface area contributed by atoms with Crippen LogP contribution in [0.4, 0.5) is 11.4 Å². The Kier molecular flexibility index (Phi) is 2.31. The van der Waals surface area contributed by atoms with Gasteiger partial charge in [0.15, 0.2) is 0 Å². The third-order valence-corrected chi connectivity index (χ3v) is 3.29. The van der Waals surface area contributed by atoms with Crippen LogP contribution < -0.4 is 15.5 Å². The van der Waals surface area contributed by atoms with Crippen LogP contribution in [0.1, 0.15) is 0 Å². The number of carbonyl (C=O) groups is 2. The van der Waals surface area contributed by atoms with Crippen LogP contribution in [-0.2, 0) is 9.59 Å². The van der Waals surface area contributed by atoms with E-state index in [4.69, 9.17) is 11.6 Å². The maximum Gasteiger partial charge on any atom is 0.248 e. The molecule has 17 heavy (non-hydrogen) atoms. The molecule has 2 N–H and O–H groups in total. The highest BCUT2D eigenvalue weighted by molar-refractivity contribution is 6.35. The molecule has 1 unspecified atom stereocenters. The normalized spacial score (nSPS) is 22.9. The molecule has 0 aliphatic carbocycles. The average molecular weight is 252 g/mol. The molecule has 5 nitrogen and oxygen atoms in total. The second kappa shape index (κ2) is 3.72. The van der Waals surface area contributed by atoms with Crippen LogP contribution in [-0.4, -0.2) is 30.9 Å². The summed E-state index contributed by atoms with van der Waals surface area (Å²) >= 11 is 6.11. The zero-order chi connectivity index (χ0) is 12.0. The van der Waals surface area contributed by atoms with E-state index in [9.17, 15) is 9.59 Å². The molecule has 2 amide bonds. The fraction of sp³-hybridized carbons (Fsp3) is 0.273. The molecule has 0 spiro atoms. The number of nitrogens with one attached hydrogen (secondary N) is 2. The van der Waals surface area contributed by atoms with Crippen LogP contribution in [0.25, 0.3) is 0 Å². The van der Waals surface area contributed by atoms with Crippen molar-refractivity contribution in [3.63, 3.8) is 0 Å². The Bertz CT molecular complexity index is 517. The van der Waals surface area contributed by atoms with E-state index in [0.717, 1.165) is 0 Å². The van der Waals surface area contributed by atoms with Crippen LogP contribution in [0.2, 0.25) is 5.02 Å². The third-order valence-electron chi connectivity index (χ3n) is 2.98. The topological polar surface area (TPSA) is 61.4 Å². The van der Waals surface area contributed by atoms with Crippen molar-refractivity contribution in [1.29, 1.82) is 0 Å². The summed E-state index contributed by atoms with van der Waals surface area (Å²) in [5.74, 6) is -0.314. The van der Waals surface area contributed by atoms with Crippen molar-refractivity contribution in [2.75, 3.05) is 23.3 Å². The van der Waals surface area contributed by atoms with Gasteiger partial charge in [-0.05, 0) is 12.1 Å². The molecular formula is C11H10ClN3O2. The van der Waals surface area contributed by atoms with Gasteiger partial charge in [0.05, 0.1) is 22.9 Å². The minimum atomic E-state index is -0.511. The van der Waals surface area contributed by atoms with E-state index < -0.39 is 6.04 Å². The smallest absolute Gasteiger partial charge is 0.248 e. The minimum absolute atomic E-state index is 0.134. The second-order valence-electron chi connectivity index (χ2n) is 4.04. The molecule has 2 aliphatic heterocycles. The lowest BCUT2D eigenvalue weighted by molar-refractivity contribution is -0.124. The molecule has 1 atom stereocenters. The first-order valence-corrected chi connectivity index (χ1v) is 5.68. The van der Waals surface area contributed by atoms with Gasteiger partial charge in [0.1, 0.15) is 6.04 Å². The molecule has 2 heterocycles. The Labute approximate surface area is 103 Å². The first-order chi connectivity index (χ1) is 8.18. The number of halogens is 1. The zero-order valence-corrected chi connectivity index (χ0v) is 9.62. The second-order valence-corrected chi connectivity index (χ2v) is 4.44. The standard InChI is InChI=1S/C11H10ClN3O2/c12-6-2-1-3-7-10(6)15-8(11(17)14-7)4-13-5-9(15)16/h1-3,8,13H,4-5H2,(H,14,17). The van der Waals surface area contributed by atoms with Gasteiger partial charge in [-0.25, -0.2) is 0 Å². The number of amides is 2. The lowest BCUT2D eigenvalue weighted by Gasteiger charge is -2.39. The van der Waals surface area contributed by atoms with E-state index in [1.54, 1.807) is 18.2 Å². The number of hydrogen-bond donors (Lipinski definition) is 2. The van der Waals surface area contributed by atoms with Crippen LogP contribution >= 0.6 is 11.6 Å². The molecule has 3 rings (SSSR count). The summed E-state index contributed by atoms with van der Waals surface area (Å²) in [5.41, 5.74) is 1.19. The summed E-state index contributed by atoms with van der Waals surface area (Å²) in [6.45, 7) is 0.677. The van der Waals surface area contributed by atoms with Gasteiger partial charge in [-0.1, -0.05) is 17.7 Å². The van der Waals surface area contributed by atoms with Gasteiger partial charge in [-0.2, -0.15) is 0 Å². The van der Waals surface area contributed by atoms with Crippen LogP contribution in [0.5, 0.6) is 0 Å². The van der Waals surface area contributed by atoms with Gasteiger partial charge in [-0.3, -0.25) is 14.5 Å². The molecule has 1 aromatic carbocycles. The summed E-state index contributed by atoms with van der Waals surface area (Å²) in [7, 11) is 0. The first kappa shape index (κ1) is 10.6. The largest absolute Gasteiger partial charge is 0.322 e.